The molecule has 0 radical (unpaired) electrons. The molecule has 0 spiro atoms. The van der Waals surface area contributed by atoms with Gasteiger partial charge < -0.3 is 21.1 Å². The van der Waals surface area contributed by atoms with Crippen molar-refractivity contribution in [2.45, 2.75) is 57.9 Å². The van der Waals surface area contributed by atoms with Crippen LogP contribution in [0, 0.1) is 5.92 Å². The van der Waals surface area contributed by atoms with Crippen molar-refractivity contribution >= 4 is 58.4 Å². The van der Waals surface area contributed by atoms with Crippen molar-refractivity contribution in [1.82, 2.24) is 15.6 Å². The van der Waals surface area contributed by atoms with E-state index in [4.69, 9.17) is 23.2 Å². The van der Waals surface area contributed by atoms with Crippen LogP contribution in [0.15, 0.2) is 60.9 Å². The van der Waals surface area contributed by atoms with Crippen molar-refractivity contribution in [3.8, 4) is 0 Å². The maximum Gasteiger partial charge on any atom is 0.326 e. The maximum atomic E-state index is 13.5. The van der Waals surface area contributed by atoms with Crippen LogP contribution in [0.3, 0.4) is 0 Å². The quantitative estimate of drug-likeness (QED) is 0.174. The summed E-state index contributed by atoms with van der Waals surface area (Å²) < 4.78 is 0. The van der Waals surface area contributed by atoms with Gasteiger partial charge in [0, 0.05) is 37.6 Å². The molecule has 0 unspecified atom stereocenters. The van der Waals surface area contributed by atoms with Gasteiger partial charge in [0.1, 0.15) is 6.04 Å². The highest BCUT2D eigenvalue weighted by Gasteiger charge is 2.27. The van der Waals surface area contributed by atoms with Gasteiger partial charge in [-0.25, -0.2) is 9.59 Å². The number of nitrogens with zero attached hydrogens (tertiary/aromatic N) is 2. The Morgan fingerprint density at radius 3 is 2.27 bits per heavy atom. The van der Waals surface area contributed by atoms with Gasteiger partial charge in [-0.05, 0) is 55.0 Å². The molecule has 4 N–H and O–H groups in total. The first-order valence-corrected chi connectivity index (χ1v) is 15.8. The lowest BCUT2D eigenvalue weighted by Gasteiger charge is -2.27. The number of carboxylic acids is 1. The molecule has 4 amide bonds. The molecule has 1 aromatic heterocycles. The Labute approximate surface area is 272 Å². The van der Waals surface area contributed by atoms with E-state index in [9.17, 15) is 24.3 Å². The number of halogens is 2. The van der Waals surface area contributed by atoms with E-state index in [1.807, 2.05) is 6.92 Å². The van der Waals surface area contributed by atoms with Crippen molar-refractivity contribution in [1.29, 1.82) is 0 Å². The van der Waals surface area contributed by atoms with E-state index in [2.05, 4.69) is 20.9 Å². The molecule has 45 heavy (non-hydrogen) atoms. The molecule has 10 nitrogen and oxygen atoms in total. The number of carbonyl (C=O) groups excluding carboxylic acids is 3. The number of pyridine rings is 1. The van der Waals surface area contributed by atoms with Crippen molar-refractivity contribution in [2.75, 3.05) is 23.3 Å². The Bertz CT molecular complexity index is 1490. The van der Waals surface area contributed by atoms with E-state index >= 15 is 0 Å². The molecular formula is C33H37Cl2N5O5. The zero-order chi connectivity index (χ0) is 32.3. The van der Waals surface area contributed by atoms with Crippen molar-refractivity contribution < 1.29 is 24.3 Å². The molecule has 1 heterocycles. The summed E-state index contributed by atoms with van der Waals surface area (Å²) in [5.41, 5.74) is 1.92. The van der Waals surface area contributed by atoms with Crippen LogP contribution in [0.5, 0.6) is 0 Å². The first-order chi connectivity index (χ1) is 21.7. The molecule has 1 atom stereocenters. The number of para-hydroxylation sites is 1. The van der Waals surface area contributed by atoms with Crippen LogP contribution in [-0.2, 0) is 11.2 Å². The highest BCUT2D eigenvalue weighted by Crippen LogP contribution is 2.26. The van der Waals surface area contributed by atoms with E-state index in [0.717, 1.165) is 12.8 Å². The summed E-state index contributed by atoms with van der Waals surface area (Å²) in [5.74, 6) is -1.54. The van der Waals surface area contributed by atoms with Crippen LogP contribution >= 0.6 is 23.2 Å². The molecule has 0 aliphatic heterocycles. The van der Waals surface area contributed by atoms with Crippen LogP contribution in [0.25, 0.3) is 0 Å². The topological polar surface area (TPSA) is 141 Å². The van der Waals surface area contributed by atoms with Gasteiger partial charge in [-0.15, -0.1) is 0 Å². The fraction of sp³-hybridized carbons (Fsp3) is 0.364. The lowest BCUT2D eigenvalue weighted by atomic mass is 9.89. The van der Waals surface area contributed by atoms with Crippen LogP contribution < -0.4 is 20.9 Å². The number of aliphatic carboxylic acids is 1. The van der Waals surface area contributed by atoms with Gasteiger partial charge in [0.2, 0.25) is 0 Å². The third-order valence-corrected chi connectivity index (χ3v) is 8.31. The Balaban J connectivity index is 1.43. The minimum atomic E-state index is -1.25. The number of anilines is 2. The number of rotatable bonds is 12. The van der Waals surface area contributed by atoms with Gasteiger partial charge in [-0.3, -0.25) is 19.5 Å². The number of nitrogens with one attached hydrogen (secondary N) is 3. The van der Waals surface area contributed by atoms with E-state index in [1.54, 1.807) is 48.5 Å². The molecular weight excluding hydrogens is 617 g/mol. The summed E-state index contributed by atoms with van der Waals surface area (Å²) in [6.07, 6.45) is 8.97. The molecule has 3 aromatic rings. The van der Waals surface area contributed by atoms with Crippen molar-refractivity contribution in [3.63, 3.8) is 0 Å². The molecule has 2 aromatic carbocycles. The van der Waals surface area contributed by atoms with E-state index in [-0.39, 0.29) is 34.5 Å². The zero-order valence-electron chi connectivity index (χ0n) is 25.0. The average Bonchev–Trinajstić information content (AvgIpc) is 3.03. The largest absolute Gasteiger partial charge is 0.480 e. The third-order valence-electron chi connectivity index (χ3n) is 7.74. The Morgan fingerprint density at radius 1 is 0.956 bits per heavy atom. The average molecular weight is 655 g/mol. The summed E-state index contributed by atoms with van der Waals surface area (Å²) in [6, 6.07) is 11.5. The minimum Gasteiger partial charge on any atom is -0.480 e. The highest BCUT2D eigenvalue weighted by atomic mass is 35.5. The van der Waals surface area contributed by atoms with Gasteiger partial charge in [-0.2, -0.15) is 0 Å². The SMILES string of the molecule is CCCN(C(=O)N[C@@H](Cc1ccc(NC(=O)c2c(Cl)cncc2Cl)cc1)C(=O)O)c1ccccc1C(=O)NCC1CCCCC1. The number of urea groups is 1. The summed E-state index contributed by atoms with van der Waals surface area (Å²) >= 11 is 12.1. The van der Waals surface area contributed by atoms with E-state index in [0.29, 0.717) is 41.4 Å². The molecule has 1 aliphatic carbocycles. The smallest absolute Gasteiger partial charge is 0.326 e. The van der Waals surface area contributed by atoms with Crippen LogP contribution in [0.1, 0.15) is 71.7 Å². The van der Waals surface area contributed by atoms with Gasteiger partial charge >= 0.3 is 12.0 Å². The van der Waals surface area contributed by atoms with Crippen molar-refractivity contribution in [3.05, 3.63) is 87.7 Å². The van der Waals surface area contributed by atoms with Gasteiger partial charge in [0.05, 0.1) is 26.9 Å². The number of aromatic nitrogens is 1. The van der Waals surface area contributed by atoms with Crippen molar-refractivity contribution in [2.24, 2.45) is 5.92 Å². The lowest BCUT2D eigenvalue weighted by Crippen LogP contribution is -2.49. The highest BCUT2D eigenvalue weighted by molar-refractivity contribution is 6.40. The number of carbonyl (C=O) groups is 4. The summed E-state index contributed by atoms with van der Waals surface area (Å²) in [5, 5.41) is 18.6. The Kier molecular flexibility index (Phi) is 12.2. The third kappa shape index (κ3) is 9.18. The Hall–Kier alpha value is -4.15. The van der Waals surface area contributed by atoms with E-state index < -0.39 is 23.9 Å². The molecule has 12 heteroatoms. The number of benzene rings is 2. The molecule has 1 aliphatic rings. The fourth-order valence-corrected chi connectivity index (χ4v) is 5.92. The van der Waals surface area contributed by atoms with Crippen LogP contribution in [0.2, 0.25) is 10.0 Å². The minimum absolute atomic E-state index is 0.0131. The molecule has 238 valence electrons. The fourth-order valence-electron chi connectivity index (χ4n) is 5.39. The van der Waals surface area contributed by atoms with Crippen LogP contribution in [-0.4, -0.2) is 53.0 Å². The molecule has 1 saturated carbocycles. The van der Waals surface area contributed by atoms with E-state index in [1.165, 1.54) is 36.6 Å². The predicted octanol–water partition coefficient (Wildman–Crippen LogP) is 6.57. The normalized spacial score (nSPS) is 13.8. The monoisotopic (exact) mass is 653 g/mol. The predicted molar refractivity (Wildman–Crippen MR) is 175 cm³/mol. The first kappa shape index (κ1) is 33.7. The molecule has 0 saturated heterocycles. The summed E-state index contributed by atoms with van der Waals surface area (Å²) in [4.78, 5) is 56.9. The molecule has 0 bridgehead atoms. The second kappa shape index (κ2) is 16.2. The maximum absolute atomic E-state index is 13.5. The molecule has 4 rings (SSSR count). The number of hydrogen-bond donors (Lipinski definition) is 4. The standard InChI is InChI=1S/C33H37Cl2N5O5/c1-2-16-40(28-11-7-6-10-24(28)30(41)37-18-22-8-4-3-5-9-22)33(45)39-27(32(43)44)17-21-12-14-23(15-13-21)38-31(42)29-25(34)19-36-20-26(29)35/h6-7,10-15,19-20,22,27H,2-5,8-9,16-18H2,1H3,(H,37,41)(H,38,42)(H,39,45)(H,43,44)/t27-/m0/s1. The number of carboxylic acid groups (broad SMARTS) is 1. The van der Waals surface area contributed by atoms with Gasteiger partial charge in [0.15, 0.2) is 0 Å². The molecule has 1 fully saturated rings. The first-order valence-electron chi connectivity index (χ1n) is 15.0. The summed E-state index contributed by atoms with van der Waals surface area (Å²) in [6.45, 7) is 2.77. The second-order valence-electron chi connectivity index (χ2n) is 11.1. The number of hydrogen-bond acceptors (Lipinski definition) is 5. The zero-order valence-corrected chi connectivity index (χ0v) is 26.5. The Morgan fingerprint density at radius 2 is 1.62 bits per heavy atom. The second-order valence-corrected chi connectivity index (χ2v) is 11.9. The lowest BCUT2D eigenvalue weighted by molar-refractivity contribution is -0.139. The number of amides is 4. The van der Waals surface area contributed by atoms with Gasteiger partial charge in [0.25, 0.3) is 11.8 Å². The van der Waals surface area contributed by atoms with Crippen LogP contribution in [0.4, 0.5) is 16.2 Å². The van der Waals surface area contributed by atoms with Gasteiger partial charge in [-0.1, -0.05) is 73.7 Å². The summed E-state index contributed by atoms with van der Waals surface area (Å²) in [7, 11) is 0.